The summed E-state index contributed by atoms with van der Waals surface area (Å²) in [5, 5.41) is 13.5. The fourth-order valence-corrected chi connectivity index (χ4v) is 2.99. The summed E-state index contributed by atoms with van der Waals surface area (Å²) in [4.78, 5) is 12.6. The molecule has 6 nitrogen and oxygen atoms in total. The minimum Gasteiger partial charge on any atom is -0.313 e. The lowest BCUT2D eigenvalue weighted by Gasteiger charge is -2.06. The van der Waals surface area contributed by atoms with Crippen LogP contribution in [0, 0.1) is 0 Å². The average molecular weight is 354 g/mol. The Bertz CT molecular complexity index is 1110. The van der Waals surface area contributed by atoms with Crippen LogP contribution in [-0.2, 0) is 6.54 Å². The highest BCUT2D eigenvalue weighted by molar-refractivity contribution is 6.30. The summed E-state index contributed by atoms with van der Waals surface area (Å²) in [7, 11) is 0. The van der Waals surface area contributed by atoms with Crippen LogP contribution in [0.3, 0.4) is 0 Å². The van der Waals surface area contributed by atoms with E-state index in [4.69, 9.17) is 11.6 Å². The number of aromatic nitrogens is 5. The predicted molar refractivity (Wildman–Crippen MR) is 97.9 cm³/mol. The first-order chi connectivity index (χ1) is 12.2. The molecule has 1 aromatic carbocycles. The summed E-state index contributed by atoms with van der Waals surface area (Å²) in [5.41, 5.74) is 3.26. The first-order valence-electron chi connectivity index (χ1n) is 8.18. The van der Waals surface area contributed by atoms with Gasteiger partial charge < -0.3 is 4.57 Å². The molecule has 0 spiro atoms. The fraction of sp³-hybridized carbons (Fsp3) is 0.222. The fourth-order valence-electron chi connectivity index (χ4n) is 2.87. The number of benzene rings is 1. The van der Waals surface area contributed by atoms with Crippen LogP contribution in [0.15, 0.2) is 47.5 Å². The van der Waals surface area contributed by atoms with Crippen LogP contribution in [0.5, 0.6) is 0 Å². The van der Waals surface area contributed by atoms with Gasteiger partial charge in [-0.3, -0.25) is 4.79 Å². The summed E-state index contributed by atoms with van der Waals surface area (Å²) in [6.07, 6.45) is 5.50. The van der Waals surface area contributed by atoms with E-state index in [1.54, 1.807) is 21.5 Å². The Morgan fingerprint density at radius 1 is 1.12 bits per heavy atom. The van der Waals surface area contributed by atoms with Crippen molar-refractivity contribution >= 4 is 28.3 Å². The van der Waals surface area contributed by atoms with E-state index in [9.17, 15) is 4.79 Å². The van der Waals surface area contributed by atoms with Crippen LogP contribution in [0.2, 0.25) is 5.02 Å². The molecule has 0 bridgehead atoms. The number of fused-ring (bicyclic) bond motifs is 3. The molecule has 126 valence electrons. The Kier molecular flexibility index (Phi) is 3.97. The molecule has 0 aliphatic heterocycles. The predicted octanol–water partition coefficient (Wildman–Crippen LogP) is 3.56. The van der Waals surface area contributed by atoms with Crippen molar-refractivity contribution in [3.8, 4) is 11.1 Å². The summed E-state index contributed by atoms with van der Waals surface area (Å²) in [6.45, 7) is 2.78. The molecule has 4 rings (SSSR count). The third-order valence-electron chi connectivity index (χ3n) is 4.24. The molecule has 0 aliphatic rings. The van der Waals surface area contributed by atoms with Crippen LogP contribution < -0.4 is 5.56 Å². The van der Waals surface area contributed by atoms with Crippen molar-refractivity contribution in [3.63, 3.8) is 0 Å². The van der Waals surface area contributed by atoms with E-state index < -0.39 is 0 Å². The average Bonchev–Trinajstić information content (AvgIpc) is 3.06. The summed E-state index contributed by atoms with van der Waals surface area (Å²) >= 11 is 5.95. The van der Waals surface area contributed by atoms with Gasteiger partial charge in [-0.25, -0.2) is 4.52 Å². The summed E-state index contributed by atoms with van der Waals surface area (Å²) < 4.78 is 3.34. The maximum absolute atomic E-state index is 12.6. The van der Waals surface area contributed by atoms with E-state index in [0.717, 1.165) is 24.0 Å². The van der Waals surface area contributed by atoms with Crippen LogP contribution >= 0.6 is 11.6 Å². The Balaban J connectivity index is 1.89. The molecule has 3 heterocycles. The van der Waals surface area contributed by atoms with Gasteiger partial charge in [0.25, 0.3) is 5.56 Å². The van der Waals surface area contributed by atoms with Crippen molar-refractivity contribution in [2.75, 3.05) is 0 Å². The van der Waals surface area contributed by atoms with Crippen molar-refractivity contribution < 1.29 is 0 Å². The van der Waals surface area contributed by atoms with E-state index in [-0.39, 0.29) is 5.56 Å². The molecule has 0 atom stereocenters. The number of nitrogens with zero attached hydrogens (tertiary/aromatic N) is 5. The molecule has 0 fully saturated rings. The second-order valence-corrected chi connectivity index (χ2v) is 6.34. The Labute approximate surface area is 148 Å². The van der Waals surface area contributed by atoms with Crippen LogP contribution in [-0.4, -0.2) is 24.4 Å². The molecular weight excluding hydrogens is 338 g/mol. The second kappa shape index (κ2) is 6.29. The minimum atomic E-state index is -0.135. The zero-order valence-corrected chi connectivity index (χ0v) is 14.4. The number of hydrogen-bond donors (Lipinski definition) is 0. The molecule has 7 heteroatoms. The first-order valence-corrected chi connectivity index (χ1v) is 8.56. The van der Waals surface area contributed by atoms with Crippen molar-refractivity contribution in [2.24, 2.45) is 0 Å². The van der Waals surface area contributed by atoms with Gasteiger partial charge in [0.1, 0.15) is 5.52 Å². The van der Waals surface area contributed by atoms with E-state index >= 15 is 0 Å². The smallest absolute Gasteiger partial charge is 0.280 e. The topological polar surface area (TPSA) is 65.1 Å². The maximum atomic E-state index is 12.6. The number of aryl methyl sites for hydroxylation is 1. The zero-order valence-electron chi connectivity index (χ0n) is 13.7. The Morgan fingerprint density at radius 3 is 2.68 bits per heavy atom. The van der Waals surface area contributed by atoms with Crippen molar-refractivity contribution in [2.45, 2.75) is 26.3 Å². The van der Waals surface area contributed by atoms with Crippen molar-refractivity contribution in [1.82, 2.24) is 24.4 Å². The van der Waals surface area contributed by atoms with Crippen LogP contribution in [0.25, 0.3) is 27.8 Å². The number of halogens is 1. The van der Waals surface area contributed by atoms with Gasteiger partial charge in [-0.1, -0.05) is 37.1 Å². The van der Waals surface area contributed by atoms with Crippen LogP contribution in [0.4, 0.5) is 0 Å². The zero-order chi connectivity index (χ0) is 17.4. The monoisotopic (exact) mass is 353 g/mol. The molecule has 0 aliphatic carbocycles. The van der Waals surface area contributed by atoms with E-state index in [0.29, 0.717) is 28.2 Å². The summed E-state index contributed by atoms with van der Waals surface area (Å²) in [6, 6.07) is 9.33. The highest BCUT2D eigenvalue weighted by atomic mass is 35.5. The van der Waals surface area contributed by atoms with E-state index in [1.807, 2.05) is 30.3 Å². The molecule has 0 saturated carbocycles. The second-order valence-electron chi connectivity index (χ2n) is 5.90. The van der Waals surface area contributed by atoms with Gasteiger partial charge in [-0.2, -0.15) is 5.10 Å². The molecule has 25 heavy (non-hydrogen) atoms. The highest BCUT2D eigenvalue weighted by Gasteiger charge is 2.14. The van der Waals surface area contributed by atoms with Crippen molar-refractivity contribution in [1.29, 1.82) is 0 Å². The number of hydrogen-bond acceptors (Lipinski definition) is 4. The molecular formula is C18H16ClN5O. The van der Waals surface area contributed by atoms with E-state index in [2.05, 4.69) is 22.2 Å². The molecule has 0 amide bonds. The van der Waals surface area contributed by atoms with Gasteiger partial charge >= 0.3 is 0 Å². The SMILES string of the molecule is CCCCn1ccc2c(nnc3c(-c4ccc(Cl)cc4)cnn32)c1=O. The van der Waals surface area contributed by atoms with Crippen LogP contribution in [0.1, 0.15) is 19.8 Å². The van der Waals surface area contributed by atoms with Gasteiger partial charge in [-0.15, -0.1) is 10.2 Å². The first kappa shape index (κ1) is 15.8. The van der Waals surface area contributed by atoms with Gasteiger partial charge in [-0.05, 0) is 30.2 Å². The van der Waals surface area contributed by atoms with Gasteiger partial charge in [0.2, 0.25) is 0 Å². The molecule has 0 radical (unpaired) electrons. The van der Waals surface area contributed by atoms with E-state index in [1.165, 1.54) is 0 Å². The number of pyridine rings is 1. The third kappa shape index (κ3) is 2.68. The van der Waals surface area contributed by atoms with Gasteiger partial charge in [0.15, 0.2) is 11.2 Å². The van der Waals surface area contributed by atoms with Gasteiger partial charge in [0, 0.05) is 23.3 Å². The highest BCUT2D eigenvalue weighted by Crippen LogP contribution is 2.25. The summed E-state index contributed by atoms with van der Waals surface area (Å²) in [5.74, 6) is 0. The normalized spacial score (nSPS) is 11.4. The lowest BCUT2D eigenvalue weighted by molar-refractivity contribution is 0.615. The minimum absolute atomic E-state index is 0.135. The molecule has 0 N–H and O–H groups in total. The Hall–Kier alpha value is -2.73. The molecule has 0 saturated heterocycles. The lowest BCUT2D eigenvalue weighted by Crippen LogP contribution is -2.21. The van der Waals surface area contributed by atoms with Gasteiger partial charge in [0.05, 0.1) is 6.20 Å². The lowest BCUT2D eigenvalue weighted by atomic mass is 10.1. The largest absolute Gasteiger partial charge is 0.313 e. The number of unbranched alkanes of at least 4 members (excludes halogenated alkanes) is 1. The molecule has 0 unspecified atom stereocenters. The maximum Gasteiger partial charge on any atom is 0.280 e. The quantitative estimate of drug-likeness (QED) is 0.562. The Morgan fingerprint density at radius 2 is 1.92 bits per heavy atom. The van der Waals surface area contributed by atoms with Crippen molar-refractivity contribution in [3.05, 3.63) is 58.1 Å². The molecule has 3 aromatic heterocycles. The number of rotatable bonds is 4. The standard InChI is InChI=1S/C18H16ClN5O/c1-2-3-9-23-10-8-15-16(18(23)25)21-22-17-14(11-20-24(15)17)12-4-6-13(19)7-5-12/h4-8,10-11H,2-3,9H2,1H3. The third-order valence-corrected chi connectivity index (χ3v) is 4.49. The molecule has 4 aromatic rings.